The van der Waals surface area contributed by atoms with Crippen molar-refractivity contribution in [1.82, 2.24) is 15.6 Å². The number of aliphatic imine (C=N–C) groups is 1. The van der Waals surface area contributed by atoms with E-state index in [1.165, 1.54) is 6.07 Å². The summed E-state index contributed by atoms with van der Waals surface area (Å²) in [5.41, 5.74) is 1.46. The van der Waals surface area contributed by atoms with Crippen molar-refractivity contribution in [3.8, 4) is 11.5 Å². The second-order valence-corrected chi connectivity index (χ2v) is 5.95. The van der Waals surface area contributed by atoms with Crippen molar-refractivity contribution in [2.24, 2.45) is 4.99 Å². The Kier molecular flexibility index (Phi) is 12.0. The number of benzene rings is 1. The first-order valence-corrected chi connectivity index (χ1v) is 9.68. The van der Waals surface area contributed by atoms with Crippen LogP contribution in [0.4, 0.5) is 4.39 Å². The van der Waals surface area contributed by atoms with Crippen LogP contribution in [0.25, 0.3) is 0 Å². The van der Waals surface area contributed by atoms with Gasteiger partial charge in [-0.3, -0.25) is 4.98 Å². The third-order valence-corrected chi connectivity index (χ3v) is 3.88. The van der Waals surface area contributed by atoms with Gasteiger partial charge < -0.3 is 20.1 Å². The number of aromatic nitrogens is 1. The van der Waals surface area contributed by atoms with E-state index in [2.05, 4.69) is 20.6 Å². The Morgan fingerprint density at radius 1 is 1.07 bits per heavy atom. The van der Waals surface area contributed by atoms with E-state index in [1.54, 1.807) is 12.3 Å². The van der Waals surface area contributed by atoms with E-state index in [0.29, 0.717) is 38.0 Å². The number of hydrogen-bond acceptors (Lipinski definition) is 4. The summed E-state index contributed by atoms with van der Waals surface area (Å²) in [6, 6.07) is 8.93. The van der Waals surface area contributed by atoms with Gasteiger partial charge in [-0.15, -0.1) is 24.0 Å². The Balaban J connectivity index is 0.00000420. The molecule has 0 saturated carbocycles. The van der Waals surface area contributed by atoms with Gasteiger partial charge >= 0.3 is 0 Å². The molecule has 0 radical (unpaired) electrons. The number of hydrogen-bond donors (Lipinski definition) is 2. The lowest BCUT2D eigenvalue weighted by atomic mass is 10.1. The van der Waals surface area contributed by atoms with Crippen LogP contribution in [0.1, 0.15) is 32.0 Å². The van der Waals surface area contributed by atoms with E-state index >= 15 is 0 Å². The van der Waals surface area contributed by atoms with Crippen LogP contribution in [0, 0.1) is 5.82 Å². The molecule has 0 spiro atoms. The van der Waals surface area contributed by atoms with Crippen LogP contribution < -0.4 is 20.1 Å². The highest BCUT2D eigenvalue weighted by Crippen LogP contribution is 2.28. The van der Waals surface area contributed by atoms with Crippen LogP contribution in [0.15, 0.2) is 41.5 Å². The van der Waals surface area contributed by atoms with Gasteiger partial charge in [0.2, 0.25) is 0 Å². The Hall–Kier alpha value is -2.10. The molecule has 8 heteroatoms. The summed E-state index contributed by atoms with van der Waals surface area (Å²) in [7, 11) is 0. The summed E-state index contributed by atoms with van der Waals surface area (Å²) < 4.78 is 25.0. The monoisotopic (exact) mass is 516 g/mol. The van der Waals surface area contributed by atoms with Crippen molar-refractivity contribution in [2.45, 2.75) is 33.7 Å². The fourth-order valence-electron chi connectivity index (χ4n) is 2.61. The molecule has 1 aromatic heterocycles. The van der Waals surface area contributed by atoms with Gasteiger partial charge in [0.15, 0.2) is 17.5 Å². The molecule has 2 aromatic rings. The van der Waals surface area contributed by atoms with Gasteiger partial charge in [-0.25, -0.2) is 9.38 Å². The van der Waals surface area contributed by atoms with E-state index < -0.39 is 0 Å². The molecule has 2 N–H and O–H groups in total. The molecule has 160 valence electrons. The minimum Gasteiger partial charge on any atom is -0.490 e. The van der Waals surface area contributed by atoms with Gasteiger partial charge in [0.25, 0.3) is 0 Å². The van der Waals surface area contributed by atoms with Gasteiger partial charge in [0.05, 0.1) is 25.5 Å². The first kappa shape index (κ1) is 24.9. The molecule has 1 aromatic carbocycles. The zero-order valence-corrected chi connectivity index (χ0v) is 19.5. The van der Waals surface area contributed by atoms with Gasteiger partial charge in [0.1, 0.15) is 5.82 Å². The highest BCUT2D eigenvalue weighted by Gasteiger charge is 2.07. The zero-order valence-electron chi connectivity index (χ0n) is 17.2. The predicted octanol–water partition coefficient (Wildman–Crippen LogP) is 3.93. The topological polar surface area (TPSA) is 67.8 Å². The molecule has 0 aliphatic carbocycles. The van der Waals surface area contributed by atoms with Crippen molar-refractivity contribution in [3.63, 3.8) is 0 Å². The molecule has 0 fully saturated rings. The second kappa shape index (κ2) is 14.0. The average Bonchev–Trinajstić information content (AvgIpc) is 2.69. The fraction of sp³-hybridized carbons (Fsp3) is 0.429. The summed E-state index contributed by atoms with van der Waals surface area (Å²) in [5, 5.41) is 6.43. The maximum absolute atomic E-state index is 13.7. The van der Waals surface area contributed by atoms with Gasteiger partial charge in [-0.05, 0) is 57.0 Å². The minimum absolute atomic E-state index is 0. The van der Waals surface area contributed by atoms with E-state index in [4.69, 9.17) is 9.47 Å². The van der Waals surface area contributed by atoms with Crippen LogP contribution in [-0.4, -0.2) is 37.2 Å². The predicted molar refractivity (Wildman–Crippen MR) is 125 cm³/mol. The van der Waals surface area contributed by atoms with Crippen LogP contribution in [0.3, 0.4) is 0 Å². The lowest BCUT2D eigenvalue weighted by Crippen LogP contribution is -2.38. The lowest BCUT2D eigenvalue weighted by molar-refractivity contribution is 0.287. The number of halogens is 2. The molecule has 0 aliphatic rings. The molecular formula is C21H30FIN4O2. The first-order valence-electron chi connectivity index (χ1n) is 9.68. The lowest BCUT2D eigenvalue weighted by Gasteiger charge is -2.14. The van der Waals surface area contributed by atoms with Crippen molar-refractivity contribution >= 4 is 29.9 Å². The second-order valence-electron chi connectivity index (χ2n) is 5.95. The van der Waals surface area contributed by atoms with Gasteiger partial charge in [0, 0.05) is 19.3 Å². The number of ether oxygens (including phenoxy) is 2. The Bertz CT molecular complexity index is 774. The number of pyridine rings is 1. The largest absolute Gasteiger partial charge is 0.490 e. The fourth-order valence-corrected chi connectivity index (χ4v) is 2.61. The summed E-state index contributed by atoms with van der Waals surface area (Å²) >= 11 is 0. The summed E-state index contributed by atoms with van der Waals surface area (Å²) in [5.74, 6) is 1.80. The molecule has 0 aliphatic heterocycles. The molecule has 0 amide bonds. The molecule has 2 rings (SSSR count). The smallest absolute Gasteiger partial charge is 0.191 e. The maximum atomic E-state index is 13.7. The van der Waals surface area contributed by atoms with E-state index in [0.717, 1.165) is 23.5 Å². The van der Waals surface area contributed by atoms with Crippen molar-refractivity contribution in [1.29, 1.82) is 0 Å². The van der Waals surface area contributed by atoms with Gasteiger partial charge in [-0.2, -0.15) is 0 Å². The van der Waals surface area contributed by atoms with E-state index in [1.807, 2.05) is 39.0 Å². The first-order chi connectivity index (χ1) is 13.7. The van der Waals surface area contributed by atoms with Crippen LogP contribution in [0.5, 0.6) is 11.5 Å². The number of nitrogens with zero attached hydrogens (tertiary/aromatic N) is 2. The van der Waals surface area contributed by atoms with Crippen molar-refractivity contribution < 1.29 is 13.9 Å². The molecule has 6 nitrogen and oxygen atoms in total. The van der Waals surface area contributed by atoms with E-state index in [-0.39, 0.29) is 36.3 Å². The minimum atomic E-state index is -0.347. The Morgan fingerprint density at radius 2 is 1.83 bits per heavy atom. The van der Waals surface area contributed by atoms with Crippen LogP contribution >= 0.6 is 24.0 Å². The quantitative estimate of drug-likeness (QED) is 0.285. The highest BCUT2D eigenvalue weighted by molar-refractivity contribution is 14.0. The van der Waals surface area contributed by atoms with Crippen LogP contribution in [-0.2, 0) is 13.0 Å². The highest BCUT2D eigenvalue weighted by atomic mass is 127. The molecule has 1 heterocycles. The number of nitrogens with one attached hydrogen (secondary N) is 2. The average molecular weight is 516 g/mol. The molecular weight excluding hydrogens is 486 g/mol. The summed E-state index contributed by atoms with van der Waals surface area (Å²) in [4.78, 5) is 8.43. The van der Waals surface area contributed by atoms with Crippen LogP contribution in [0.2, 0.25) is 0 Å². The van der Waals surface area contributed by atoms with Crippen molar-refractivity contribution in [3.05, 3.63) is 53.6 Å². The number of guanidine groups is 1. The maximum Gasteiger partial charge on any atom is 0.191 e. The zero-order chi connectivity index (χ0) is 20.2. The van der Waals surface area contributed by atoms with E-state index in [9.17, 15) is 4.39 Å². The molecule has 0 unspecified atom stereocenters. The Morgan fingerprint density at radius 3 is 2.52 bits per heavy atom. The molecule has 29 heavy (non-hydrogen) atoms. The van der Waals surface area contributed by atoms with Gasteiger partial charge in [-0.1, -0.05) is 6.07 Å². The SMILES string of the molecule is CCNC(=NCc1ncccc1F)NCCc1ccc(OCC)c(OCC)c1.I. The third kappa shape index (κ3) is 8.43. The Labute approximate surface area is 189 Å². The number of rotatable bonds is 10. The summed E-state index contributed by atoms with van der Waals surface area (Å²) in [6.07, 6.45) is 2.35. The standard InChI is InChI=1S/C21H29FN4O2.HI/c1-4-23-21(26-15-18-17(22)8-7-12-24-18)25-13-11-16-9-10-19(27-5-2)20(14-16)28-6-3;/h7-10,12,14H,4-6,11,13,15H2,1-3H3,(H2,23,25,26);1H. The molecule has 0 saturated heterocycles. The molecule has 0 bridgehead atoms. The molecule has 0 atom stereocenters. The van der Waals surface area contributed by atoms with Crippen molar-refractivity contribution in [2.75, 3.05) is 26.3 Å². The summed E-state index contributed by atoms with van der Waals surface area (Å²) in [6.45, 7) is 8.64. The third-order valence-electron chi connectivity index (χ3n) is 3.88. The normalized spacial score (nSPS) is 10.8.